The molecular weight excluding hydrogens is 292 g/mol. The van der Waals surface area contributed by atoms with Gasteiger partial charge in [0.2, 0.25) is 0 Å². The van der Waals surface area contributed by atoms with Crippen molar-refractivity contribution >= 4 is 21.4 Å². The summed E-state index contributed by atoms with van der Waals surface area (Å²) in [6.07, 6.45) is 0.663. The van der Waals surface area contributed by atoms with E-state index in [1.807, 2.05) is 18.2 Å². The number of hydrogen-bond donors (Lipinski definition) is 2. The molecule has 114 valence electrons. The third kappa shape index (κ3) is 2.97. The summed E-state index contributed by atoms with van der Waals surface area (Å²) < 4.78 is 29.1. The van der Waals surface area contributed by atoms with Crippen LogP contribution in [0.5, 0.6) is 5.75 Å². The second kappa shape index (κ2) is 5.55. The Bertz CT molecular complexity index is 644. The van der Waals surface area contributed by atoms with Crippen molar-refractivity contribution in [2.75, 3.05) is 24.2 Å². The van der Waals surface area contributed by atoms with Gasteiger partial charge in [-0.05, 0) is 25.0 Å². The van der Waals surface area contributed by atoms with Crippen molar-refractivity contribution in [1.29, 1.82) is 0 Å². The smallest absolute Gasteiger partial charge is 0.262 e. The quantitative estimate of drug-likeness (QED) is 0.852. The van der Waals surface area contributed by atoms with Crippen LogP contribution in [0.25, 0.3) is 0 Å². The number of anilines is 1. The van der Waals surface area contributed by atoms with E-state index in [1.165, 1.54) is 0 Å². The molecule has 2 aliphatic rings. The van der Waals surface area contributed by atoms with Gasteiger partial charge in [0, 0.05) is 6.54 Å². The second-order valence-electron chi connectivity index (χ2n) is 5.36. The maximum Gasteiger partial charge on any atom is 0.262 e. The highest BCUT2D eigenvalue weighted by Gasteiger charge is 2.33. The number of para-hydroxylation sites is 2. The molecule has 2 N–H and O–H groups in total. The topological polar surface area (TPSA) is 84.5 Å². The van der Waals surface area contributed by atoms with E-state index < -0.39 is 21.2 Å². The Labute approximate surface area is 123 Å². The van der Waals surface area contributed by atoms with Gasteiger partial charge in [-0.1, -0.05) is 12.1 Å². The number of carbonyl (C=O) groups is 1. The van der Waals surface area contributed by atoms with E-state index in [0.29, 0.717) is 25.1 Å². The Morgan fingerprint density at radius 3 is 2.95 bits per heavy atom. The van der Waals surface area contributed by atoms with Crippen LogP contribution in [0.3, 0.4) is 0 Å². The standard InChI is InChI=1S/C14H18N2O4S/c17-14(16-8-10-4-3-7-21(10,18)19)13-9-15-11-5-1-2-6-12(11)20-13/h1-2,5-6,10,13,15H,3-4,7-9H2,(H,16,17). The monoisotopic (exact) mass is 310 g/mol. The lowest BCUT2D eigenvalue weighted by molar-refractivity contribution is -0.127. The predicted octanol–water partition coefficient (Wildman–Crippen LogP) is 0.553. The number of sulfone groups is 1. The molecule has 2 atom stereocenters. The first-order valence-corrected chi connectivity index (χ1v) is 8.76. The molecule has 0 aromatic heterocycles. The van der Waals surface area contributed by atoms with Crippen molar-refractivity contribution in [3.8, 4) is 5.75 Å². The zero-order valence-corrected chi connectivity index (χ0v) is 12.4. The third-order valence-electron chi connectivity index (χ3n) is 3.89. The van der Waals surface area contributed by atoms with E-state index in [2.05, 4.69) is 10.6 Å². The highest BCUT2D eigenvalue weighted by atomic mass is 32.2. The molecule has 2 aliphatic heterocycles. The largest absolute Gasteiger partial charge is 0.477 e. The number of ether oxygens (including phenoxy) is 1. The number of fused-ring (bicyclic) bond motifs is 1. The molecular formula is C14H18N2O4S. The van der Waals surface area contributed by atoms with Crippen LogP contribution >= 0.6 is 0 Å². The van der Waals surface area contributed by atoms with Crippen LogP contribution < -0.4 is 15.4 Å². The van der Waals surface area contributed by atoms with Crippen molar-refractivity contribution in [3.63, 3.8) is 0 Å². The van der Waals surface area contributed by atoms with Gasteiger partial charge in [-0.15, -0.1) is 0 Å². The number of carbonyl (C=O) groups excluding carboxylic acids is 1. The molecule has 1 fully saturated rings. The van der Waals surface area contributed by atoms with Gasteiger partial charge < -0.3 is 15.4 Å². The Hall–Kier alpha value is -1.76. The Morgan fingerprint density at radius 2 is 2.19 bits per heavy atom. The van der Waals surface area contributed by atoms with E-state index in [9.17, 15) is 13.2 Å². The van der Waals surface area contributed by atoms with Crippen molar-refractivity contribution in [2.24, 2.45) is 0 Å². The van der Waals surface area contributed by atoms with Gasteiger partial charge in [0.15, 0.2) is 15.9 Å². The van der Waals surface area contributed by atoms with E-state index >= 15 is 0 Å². The van der Waals surface area contributed by atoms with Gasteiger partial charge >= 0.3 is 0 Å². The molecule has 1 aromatic rings. The van der Waals surface area contributed by atoms with Gasteiger partial charge in [0.05, 0.1) is 23.2 Å². The second-order valence-corrected chi connectivity index (χ2v) is 7.76. The maximum atomic E-state index is 12.1. The fourth-order valence-electron chi connectivity index (χ4n) is 2.67. The predicted molar refractivity (Wildman–Crippen MR) is 79.2 cm³/mol. The van der Waals surface area contributed by atoms with Crippen LogP contribution in [-0.4, -0.2) is 44.5 Å². The number of rotatable bonds is 3. The highest BCUT2D eigenvalue weighted by Crippen LogP contribution is 2.28. The summed E-state index contributed by atoms with van der Waals surface area (Å²) in [5.41, 5.74) is 0.861. The molecule has 1 amide bonds. The van der Waals surface area contributed by atoms with Gasteiger partial charge in [0.1, 0.15) is 5.75 Å². The van der Waals surface area contributed by atoms with Crippen LogP contribution in [0.1, 0.15) is 12.8 Å². The SMILES string of the molecule is O=C(NCC1CCCS1(=O)=O)C1CNc2ccccc2O1. The van der Waals surface area contributed by atoms with E-state index in [4.69, 9.17) is 4.74 Å². The lowest BCUT2D eigenvalue weighted by atomic mass is 10.2. The van der Waals surface area contributed by atoms with Crippen molar-refractivity contribution < 1.29 is 17.9 Å². The van der Waals surface area contributed by atoms with Crippen molar-refractivity contribution in [2.45, 2.75) is 24.2 Å². The van der Waals surface area contributed by atoms with E-state index in [0.717, 1.165) is 5.69 Å². The molecule has 2 heterocycles. The lowest BCUT2D eigenvalue weighted by Crippen LogP contribution is -2.47. The summed E-state index contributed by atoms with van der Waals surface area (Å²) in [7, 11) is -3.03. The fraction of sp³-hybridized carbons (Fsp3) is 0.500. The summed E-state index contributed by atoms with van der Waals surface area (Å²) in [6, 6.07) is 7.41. The molecule has 0 spiro atoms. The first-order chi connectivity index (χ1) is 10.1. The molecule has 6 nitrogen and oxygen atoms in total. The molecule has 2 unspecified atom stereocenters. The molecule has 0 aliphatic carbocycles. The first-order valence-electron chi connectivity index (χ1n) is 7.05. The highest BCUT2D eigenvalue weighted by molar-refractivity contribution is 7.92. The van der Waals surface area contributed by atoms with Gasteiger partial charge in [-0.2, -0.15) is 0 Å². The minimum atomic E-state index is -3.03. The molecule has 1 saturated heterocycles. The van der Waals surface area contributed by atoms with Crippen LogP contribution in [0.4, 0.5) is 5.69 Å². The van der Waals surface area contributed by atoms with Gasteiger partial charge in [0.25, 0.3) is 5.91 Å². The minimum Gasteiger partial charge on any atom is -0.477 e. The Kier molecular flexibility index (Phi) is 3.75. The minimum absolute atomic E-state index is 0.169. The Morgan fingerprint density at radius 1 is 1.38 bits per heavy atom. The van der Waals surface area contributed by atoms with Crippen molar-refractivity contribution in [1.82, 2.24) is 5.32 Å². The summed E-state index contributed by atoms with van der Waals surface area (Å²) in [4.78, 5) is 12.1. The van der Waals surface area contributed by atoms with Gasteiger partial charge in [-0.25, -0.2) is 8.42 Å². The van der Waals surface area contributed by atoms with Crippen LogP contribution in [0, 0.1) is 0 Å². The van der Waals surface area contributed by atoms with E-state index in [-0.39, 0.29) is 18.2 Å². The molecule has 7 heteroatoms. The zero-order valence-electron chi connectivity index (χ0n) is 11.5. The van der Waals surface area contributed by atoms with Crippen molar-refractivity contribution in [3.05, 3.63) is 24.3 Å². The molecule has 3 rings (SSSR count). The number of hydrogen-bond acceptors (Lipinski definition) is 5. The third-order valence-corrected chi connectivity index (χ3v) is 6.17. The zero-order chi connectivity index (χ0) is 14.9. The normalized spacial score (nSPS) is 26.3. The molecule has 1 aromatic carbocycles. The first kappa shape index (κ1) is 14.2. The lowest BCUT2D eigenvalue weighted by Gasteiger charge is -2.26. The number of amides is 1. The van der Waals surface area contributed by atoms with Crippen LogP contribution in [0.15, 0.2) is 24.3 Å². The summed E-state index contributed by atoms with van der Waals surface area (Å²) in [5.74, 6) is 0.582. The van der Waals surface area contributed by atoms with Gasteiger partial charge in [-0.3, -0.25) is 4.79 Å². The number of benzene rings is 1. The summed E-state index contributed by atoms with van der Waals surface area (Å²) in [6.45, 7) is 0.545. The summed E-state index contributed by atoms with van der Waals surface area (Å²) in [5, 5.41) is 5.38. The molecule has 21 heavy (non-hydrogen) atoms. The van der Waals surface area contributed by atoms with Crippen LogP contribution in [-0.2, 0) is 14.6 Å². The average molecular weight is 310 g/mol. The fourth-order valence-corrected chi connectivity index (χ4v) is 4.44. The molecule has 0 radical (unpaired) electrons. The molecule has 0 bridgehead atoms. The van der Waals surface area contributed by atoms with Crippen LogP contribution in [0.2, 0.25) is 0 Å². The summed E-state index contributed by atoms with van der Waals surface area (Å²) >= 11 is 0. The maximum absolute atomic E-state index is 12.1. The average Bonchev–Trinajstić information content (AvgIpc) is 2.83. The molecule has 0 saturated carbocycles. The Balaban J connectivity index is 1.57. The van der Waals surface area contributed by atoms with E-state index in [1.54, 1.807) is 6.07 Å². The number of nitrogens with one attached hydrogen (secondary N) is 2.